The van der Waals surface area contributed by atoms with Crippen LogP contribution in [0.25, 0.3) is 28.2 Å². The average molecular weight is 392 g/mol. The van der Waals surface area contributed by atoms with E-state index in [0.717, 1.165) is 9.13 Å². The lowest BCUT2D eigenvalue weighted by molar-refractivity contribution is 0.100. The minimum Gasteiger partial charge on any atom is -0.366 e. The van der Waals surface area contributed by atoms with Gasteiger partial charge in [-0.25, -0.2) is 18.7 Å². The third-order valence-corrected chi connectivity index (χ3v) is 4.38. The van der Waals surface area contributed by atoms with E-state index in [1.807, 2.05) is 0 Å². The van der Waals surface area contributed by atoms with Crippen molar-refractivity contribution in [2.45, 2.75) is 0 Å². The van der Waals surface area contributed by atoms with Crippen LogP contribution in [0.15, 0.2) is 58.1 Å². The molecule has 10 heteroatoms. The molecule has 0 aliphatic rings. The molecule has 29 heavy (non-hydrogen) atoms. The van der Waals surface area contributed by atoms with Gasteiger partial charge in [0.15, 0.2) is 17.0 Å². The number of primary amides is 1. The van der Waals surface area contributed by atoms with E-state index in [0.29, 0.717) is 11.3 Å². The number of amides is 1. The summed E-state index contributed by atoms with van der Waals surface area (Å²) >= 11 is 0. The van der Waals surface area contributed by atoms with Crippen LogP contribution in [0.5, 0.6) is 0 Å². The number of nitrogens with zero attached hydrogens (tertiary/aromatic N) is 5. The number of fused-ring (bicyclic) bond motifs is 1. The van der Waals surface area contributed by atoms with Gasteiger partial charge in [0.25, 0.3) is 5.56 Å². The Morgan fingerprint density at radius 3 is 2.41 bits per heavy atom. The highest BCUT2D eigenvalue weighted by Crippen LogP contribution is 2.20. The first-order valence-corrected chi connectivity index (χ1v) is 8.40. The first-order valence-electron chi connectivity index (χ1n) is 8.40. The van der Waals surface area contributed by atoms with E-state index in [-0.39, 0.29) is 22.6 Å². The SMILES string of the molecule is Cn1c(=O)c2nc(-c3ccccc3C(N)=O)nnc2n(-c2ccc(F)cc2)c1=O. The summed E-state index contributed by atoms with van der Waals surface area (Å²) in [7, 11) is 1.29. The summed E-state index contributed by atoms with van der Waals surface area (Å²) in [5, 5.41) is 8.00. The fourth-order valence-corrected chi connectivity index (χ4v) is 2.93. The summed E-state index contributed by atoms with van der Waals surface area (Å²) in [4.78, 5) is 41.3. The van der Waals surface area contributed by atoms with Crippen LogP contribution in [0.3, 0.4) is 0 Å². The van der Waals surface area contributed by atoms with Crippen molar-refractivity contribution in [1.82, 2.24) is 24.3 Å². The number of carbonyl (C=O) groups excluding carboxylic acids is 1. The molecule has 4 aromatic rings. The molecule has 0 saturated heterocycles. The summed E-state index contributed by atoms with van der Waals surface area (Å²) < 4.78 is 15.3. The van der Waals surface area contributed by atoms with E-state index in [2.05, 4.69) is 15.2 Å². The molecule has 2 N–H and O–H groups in total. The van der Waals surface area contributed by atoms with Crippen molar-refractivity contribution in [3.63, 3.8) is 0 Å². The monoisotopic (exact) mass is 392 g/mol. The van der Waals surface area contributed by atoms with E-state index in [9.17, 15) is 18.8 Å². The predicted molar refractivity (Wildman–Crippen MR) is 102 cm³/mol. The zero-order valence-corrected chi connectivity index (χ0v) is 15.0. The van der Waals surface area contributed by atoms with Crippen LogP contribution in [-0.2, 0) is 7.05 Å². The Morgan fingerprint density at radius 2 is 1.72 bits per heavy atom. The van der Waals surface area contributed by atoms with Crippen molar-refractivity contribution in [1.29, 1.82) is 0 Å². The van der Waals surface area contributed by atoms with Crippen molar-refractivity contribution in [2.24, 2.45) is 12.8 Å². The lowest BCUT2D eigenvalue weighted by Gasteiger charge is -2.11. The molecule has 0 aliphatic heterocycles. The maximum Gasteiger partial charge on any atom is 0.337 e. The normalized spacial score (nSPS) is 11.0. The Kier molecular flexibility index (Phi) is 4.23. The molecule has 0 unspecified atom stereocenters. The molecule has 0 saturated carbocycles. The van der Waals surface area contributed by atoms with Gasteiger partial charge in [-0.05, 0) is 30.3 Å². The molecule has 0 radical (unpaired) electrons. The minimum absolute atomic E-state index is 0.00769. The summed E-state index contributed by atoms with van der Waals surface area (Å²) in [6.07, 6.45) is 0. The Hall–Kier alpha value is -4.21. The second-order valence-corrected chi connectivity index (χ2v) is 6.18. The van der Waals surface area contributed by atoms with Gasteiger partial charge in [-0.1, -0.05) is 18.2 Å². The van der Waals surface area contributed by atoms with Gasteiger partial charge in [-0.3, -0.25) is 14.2 Å². The molecule has 0 aliphatic carbocycles. The number of nitrogens with two attached hydrogens (primary N) is 1. The Labute approximate surface area is 161 Å². The van der Waals surface area contributed by atoms with Crippen LogP contribution in [0.4, 0.5) is 4.39 Å². The standard InChI is InChI=1S/C19H13FN6O3/c1-25-18(28)14-17(26(19(25)29)11-8-6-10(20)7-9-11)24-23-16(22-14)13-5-3-2-4-12(13)15(21)27/h2-9H,1H3,(H2,21,27). The van der Waals surface area contributed by atoms with Gasteiger partial charge in [0, 0.05) is 12.6 Å². The average Bonchev–Trinajstić information content (AvgIpc) is 2.73. The highest BCUT2D eigenvalue weighted by Gasteiger charge is 2.19. The van der Waals surface area contributed by atoms with Gasteiger partial charge >= 0.3 is 5.69 Å². The Balaban J connectivity index is 2.05. The van der Waals surface area contributed by atoms with E-state index in [4.69, 9.17) is 5.73 Å². The molecule has 144 valence electrons. The molecule has 2 heterocycles. The van der Waals surface area contributed by atoms with Crippen LogP contribution in [0.2, 0.25) is 0 Å². The van der Waals surface area contributed by atoms with Crippen LogP contribution >= 0.6 is 0 Å². The molecule has 2 aromatic carbocycles. The van der Waals surface area contributed by atoms with E-state index >= 15 is 0 Å². The smallest absolute Gasteiger partial charge is 0.337 e. The molecule has 0 fully saturated rings. The summed E-state index contributed by atoms with van der Waals surface area (Å²) in [6, 6.07) is 11.5. The highest BCUT2D eigenvalue weighted by atomic mass is 19.1. The maximum atomic E-state index is 13.3. The van der Waals surface area contributed by atoms with Gasteiger partial charge in [-0.15, -0.1) is 10.2 Å². The third-order valence-electron chi connectivity index (χ3n) is 4.38. The van der Waals surface area contributed by atoms with E-state index in [1.54, 1.807) is 18.2 Å². The summed E-state index contributed by atoms with van der Waals surface area (Å²) in [6.45, 7) is 0. The highest BCUT2D eigenvalue weighted by molar-refractivity contribution is 5.99. The van der Waals surface area contributed by atoms with Gasteiger partial charge in [0.05, 0.1) is 11.3 Å². The van der Waals surface area contributed by atoms with Crippen LogP contribution in [0, 0.1) is 5.82 Å². The van der Waals surface area contributed by atoms with Crippen molar-refractivity contribution in [2.75, 3.05) is 0 Å². The van der Waals surface area contributed by atoms with Gasteiger partial charge in [-0.2, -0.15) is 0 Å². The quantitative estimate of drug-likeness (QED) is 0.549. The fourth-order valence-electron chi connectivity index (χ4n) is 2.93. The number of aromatic nitrogens is 5. The van der Waals surface area contributed by atoms with Crippen LogP contribution < -0.4 is 17.0 Å². The lowest BCUT2D eigenvalue weighted by atomic mass is 10.1. The number of hydrogen-bond donors (Lipinski definition) is 1. The lowest BCUT2D eigenvalue weighted by Crippen LogP contribution is -2.38. The number of halogens is 1. The third kappa shape index (κ3) is 2.96. The largest absolute Gasteiger partial charge is 0.366 e. The number of hydrogen-bond acceptors (Lipinski definition) is 6. The van der Waals surface area contributed by atoms with Crippen LogP contribution in [0.1, 0.15) is 10.4 Å². The summed E-state index contributed by atoms with van der Waals surface area (Å²) in [5.41, 5.74) is 4.55. The molecule has 0 bridgehead atoms. The van der Waals surface area contributed by atoms with Crippen molar-refractivity contribution in [3.8, 4) is 17.1 Å². The van der Waals surface area contributed by atoms with Gasteiger partial charge in [0.1, 0.15) is 5.82 Å². The van der Waals surface area contributed by atoms with Crippen LogP contribution in [-0.4, -0.2) is 30.2 Å². The number of carbonyl (C=O) groups is 1. The van der Waals surface area contributed by atoms with Crippen molar-refractivity contribution in [3.05, 3.63) is 80.7 Å². The topological polar surface area (TPSA) is 126 Å². The molecule has 4 rings (SSSR count). The maximum absolute atomic E-state index is 13.3. The number of rotatable bonds is 3. The predicted octanol–water partition coefficient (Wildman–Crippen LogP) is 0.779. The molecule has 0 atom stereocenters. The zero-order chi connectivity index (χ0) is 20.7. The van der Waals surface area contributed by atoms with E-state index < -0.39 is 23.0 Å². The first-order chi connectivity index (χ1) is 13.9. The Bertz CT molecular complexity index is 1390. The number of benzene rings is 2. The second-order valence-electron chi connectivity index (χ2n) is 6.18. The molecular formula is C19H13FN6O3. The minimum atomic E-state index is -0.687. The van der Waals surface area contributed by atoms with Gasteiger partial charge < -0.3 is 5.73 Å². The van der Waals surface area contributed by atoms with E-state index in [1.165, 1.54) is 37.4 Å². The fraction of sp³-hybridized carbons (Fsp3) is 0.0526. The van der Waals surface area contributed by atoms with Crippen molar-refractivity contribution < 1.29 is 9.18 Å². The second kappa shape index (κ2) is 6.75. The molecule has 9 nitrogen and oxygen atoms in total. The molecule has 2 aromatic heterocycles. The molecule has 0 spiro atoms. The molecular weight excluding hydrogens is 379 g/mol. The molecule has 1 amide bonds. The van der Waals surface area contributed by atoms with Gasteiger partial charge in [0.2, 0.25) is 5.91 Å². The first kappa shape index (κ1) is 18.2. The Morgan fingerprint density at radius 1 is 1.03 bits per heavy atom. The zero-order valence-electron chi connectivity index (χ0n) is 15.0. The van der Waals surface area contributed by atoms with Crippen molar-refractivity contribution >= 4 is 17.1 Å². The summed E-state index contributed by atoms with van der Waals surface area (Å²) in [5.74, 6) is -1.16.